The first-order chi connectivity index (χ1) is 16.7. The van der Waals surface area contributed by atoms with Gasteiger partial charge in [0.05, 0.1) is 18.6 Å². The van der Waals surface area contributed by atoms with E-state index in [0.717, 1.165) is 22.2 Å². The summed E-state index contributed by atoms with van der Waals surface area (Å²) >= 11 is 6.81. The summed E-state index contributed by atoms with van der Waals surface area (Å²) < 4.78 is 15.8. The smallest absolute Gasteiger partial charge is 0.325 e. The third kappa shape index (κ3) is 6.77. The van der Waals surface area contributed by atoms with Gasteiger partial charge in [-0.1, -0.05) is 23.7 Å². The van der Waals surface area contributed by atoms with Crippen LogP contribution in [0.5, 0.6) is 11.5 Å². The average Bonchev–Trinajstić information content (AvgIpc) is 3.08. The molecule has 9 nitrogen and oxygen atoms in total. The normalized spacial score (nSPS) is 14.3. The summed E-state index contributed by atoms with van der Waals surface area (Å²) in [6.45, 7) is 3.28. The zero-order valence-corrected chi connectivity index (χ0v) is 20.8. The molecule has 2 aromatic carbocycles. The van der Waals surface area contributed by atoms with E-state index < -0.39 is 23.7 Å². The minimum Gasteiger partial charge on any atom is -0.490 e. The molecule has 0 aromatic heterocycles. The zero-order chi connectivity index (χ0) is 25.5. The van der Waals surface area contributed by atoms with E-state index in [9.17, 15) is 19.2 Å². The Morgan fingerprint density at radius 3 is 2.57 bits per heavy atom. The van der Waals surface area contributed by atoms with Crippen LogP contribution >= 0.6 is 23.4 Å². The highest BCUT2D eigenvalue weighted by Gasteiger charge is 2.36. The summed E-state index contributed by atoms with van der Waals surface area (Å²) in [6, 6.07) is 10.1. The Hall–Kier alpha value is -3.50. The van der Waals surface area contributed by atoms with Gasteiger partial charge in [0.25, 0.3) is 17.1 Å². The number of imide groups is 1. The Bertz CT molecular complexity index is 1200. The van der Waals surface area contributed by atoms with Crippen molar-refractivity contribution in [2.75, 3.05) is 32.2 Å². The van der Waals surface area contributed by atoms with Gasteiger partial charge in [-0.05, 0) is 67.1 Å². The Labute approximate surface area is 211 Å². The predicted octanol–water partition coefficient (Wildman–Crippen LogP) is 4.27. The lowest BCUT2D eigenvalue weighted by atomic mass is 10.2. The van der Waals surface area contributed by atoms with Crippen LogP contribution in [0.1, 0.15) is 18.1 Å². The molecule has 1 aliphatic rings. The maximum Gasteiger partial charge on any atom is 0.325 e. The molecule has 0 unspecified atom stereocenters. The number of esters is 1. The second kappa shape index (κ2) is 11.8. The van der Waals surface area contributed by atoms with E-state index >= 15 is 0 Å². The number of ether oxygens (including phenoxy) is 3. The molecule has 1 saturated heterocycles. The van der Waals surface area contributed by atoms with Crippen molar-refractivity contribution in [3.63, 3.8) is 0 Å². The molecular formula is C24H23ClN2O7S. The quantitative estimate of drug-likeness (QED) is 0.387. The Morgan fingerprint density at radius 2 is 1.89 bits per heavy atom. The van der Waals surface area contributed by atoms with Crippen LogP contribution in [0, 0.1) is 6.92 Å². The molecule has 0 aliphatic carbocycles. The molecule has 1 aliphatic heterocycles. The van der Waals surface area contributed by atoms with Gasteiger partial charge in [-0.25, -0.2) is 0 Å². The number of hydrogen-bond donors (Lipinski definition) is 1. The fourth-order valence-corrected chi connectivity index (χ4v) is 4.01. The summed E-state index contributed by atoms with van der Waals surface area (Å²) in [5.74, 6) is -0.961. The Balaban J connectivity index is 1.70. The number of aryl methyl sites for hydroxylation is 1. The molecule has 3 amide bonds. The standard InChI is InChI=1S/C24H23ClN2O7S/c1-4-33-19-9-15(10-20-23(30)27(24(31)35-20)12-22(29)32-3)6-8-18(19)34-13-21(28)26-16-7-5-14(2)17(25)11-16/h5-11H,4,12-13H2,1-3H3,(H,26,28)/b20-10-. The number of carbonyl (C=O) groups excluding carboxylic acids is 4. The number of thioether (sulfide) groups is 1. The minimum atomic E-state index is -0.691. The summed E-state index contributed by atoms with van der Waals surface area (Å²) in [5.41, 5.74) is 2.02. The van der Waals surface area contributed by atoms with E-state index in [1.807, 2.05) is 6.92 Å². The van der Waals surface area contributed by atoms with Crippen LogP contribution in [-0.4, -0.2) is 54.8 Å². The second-order valence-corrected chi connectivity index (χ2v) is 8.68. The van der Waals surface area contributed by atoms with Crippen LogP contribution in [0.2, 0.25) is 5.02 Å². The highest BCUT2D eigenvalue weighted by Crippen LogP contribution is 2.34. The number of carbonyl (C=O) groups is 4. The van der Waals surface area contributed by atoms with Gasteiger partial charge in [0, 0.05) is 10.7 Å². The zero-order valence-electron chi connectivity index (χ0n) is 19.3. The summed E-state index contributed by atoms with van der Waals surface area (Å²) in [4.78, 5) is 49.4. The molecule has 1 fully saturated rings. The molecule has 0 atom stereocenters. The molecule has 0 radical (unpaired) electrons. The summed E-state index contributed by atoms with van der Waals surface area (Å²) in [6.07, 6.45) is 1.52. The van der Waals surface area contributed by atoms with Gasteiger partial charge in [0.2, 0.25) is 0 Å². The first-order valence-corrected chi connectivity index (χ1v) is 11.7. The average molecular weight is 519 g/mol. The fraction of sp³-hybridized carbons (Fsp3) is 0.250. The number of halogens is 1. The largest absolute Gasteiger partial charge is 0.490 e. The Morgan fingerprint density at radius 1 is 1.11 bits per heavy atom. The van der Waals surface area contributed by atoms with Crippen molar-refractivity contribution in [3.8, 4) is 11.5 Å². The number of benzene rings is 2. The number of anilines is 1. The van der Waals surface area contributed by atoms with Gasteiger partial charge in [-0.15, -0.1) is 0 Å². The van der Waals surface area contributed by atoms with E-state index in [-0.39, 0.29) is 17.4 Å². The van der Waals surface area contributed by atoms with E-state index in [4.69, 9.17) is 21.1 Å². The van der Waals surface area contributed by atoms with E-state index in [0.29, 0.717) is 34.4 Å². The van der Waals surface area contributed by atoms with Gasteiger partial charge >= 0.3 is 5.97 Å². The molecule has 35 heavy (non-hydrogen) atoms. The molecule has 184 valence electrons. The molecule has 11 heteroatoms. The third-order valence-electron chi connectivity index (χ3n) is 4.77. The molecule has 1 heterocycles. The second-order valence-electron chi connectivity index (χ2n) is 7.28. The topological polar surface area (TPSA) is 111 Å². The fourth-order valence-electron chi connectivity index (χ4n) is 2.99. The summed E-state index contributed by atoms with van der Waals surface area (Å²) in [5, 5.41) is 2.70. The molecule has 0 bridgehead atoms. The predicted molar refractivity (Wildman–Crippen MR) is 133 cm³/mol. The summed E-state index contributed by atoms with van der Waals surface area (Å²) in [7, 11) is 1.18. The van der Waals surface area contributed by atoms with Crippen molar-refractivity contribution in [2.24, 2.45) is 0 Å². The van der Waals surface area contributed by atoms with Crippen LogP contribution in [0.25, 0.3) is 6.08 Å². The highest BCUT2D eigenvalue weighted by atomic mass is 35.5. The van der Waals surface area contributed by atoms with E-state index in [1.54, 1.807) is 43.3 Å². The molecule has 3 rings (SSSR count). The third-order valence-corrected chi connectivity index (χ3v) is 6.08. The highest BCUT2D eigenvalue weighted by molar-refractivity contribution is 8.18. The molecule has 0 saturated carbocycles. The van der Waals surface area contributed by atoms with Gasteiger partial charge in [0.1, 0.15) is 6.54 Å². The molecule has 0 spiro atoms. The van der Waals surface area contributed by atoms with Crippen LogP contribution < -0.4 is 14.8 Å². The van der Waals surface area contributed by atoms with E-state index in [2.05, 4.69) is 10.1 Å². The van der Waals surface area contributed by atoms with E-state index in [1.165, 1.54) is 13.2 Å². The lowest BCUT2D eigenvalue weighted by Crippen LogP contribution is -2.34. The monoisotopic (exact) mass is 518 g/mol. The van der Waals surface area contributed by atoms with Crippen molar-refractivity contribution < 1.29 is 33.4 Å². The SMILES string of the molecule is CCOc1cc(/C=C2\SC(=O)N(CC(=O)OC)C2=O)ccc1OCC(=O)Nc1ccc(C)c(Cl)c1. The van der Waals surface area contributed by atoms with Crippen molar-refractivity contribution in [3.05, 3.63) is 57.5 Å². The van der Waals surface area contributed by atoms with Crippen molar-refractivity contribution in [1.29, 1.82) is 0 Å². The van der Waals surface area contributed by atoms with Crippen LogP contribution in [-0.2, 0) is 19.1 Å². The molecule has 1 N–H and O–H groups in total. The van der Waals surface area contributed by atoms with Crippen molar-refractivity contribution in [1.82, 2.24) is 4.90 Å². The number of rotatable bonds is 9. The number of nitrogens with zero attached hydrogens (tertiary/aromatic N) is 1. The number of methoxy groups -OCH3 is 1. The number of nitrogens with one attached hydrogen (secondary N) is 1. The van der Waals surface area contributed by atoms with Crippen LogP contribution in [0.4, 0.5) is 10.5 Å². The number of amides is 3. The lowest BCUT2D eigenvalue weighted by Gasteiger charge is -2.13. The van der Waals surface area contributed by atoms with Gasteiger partial charge in [0.15, 0.2) is 18.1 Å². The first-order valence-electron chi connectivity index (χ1n) is 10.5. The maximum absolute atomic E-state index is 12.5. The van der Waals surface area contributed by atoms with Gasteiger partial charge in [-0.3, -0.25) is 24.1 Å². The first kappa shape index (κ1) is 26.1. The lowest BCUT2D eigenvalue weighted by molar-refractivity contribution is -0.143. The van der Waals surface area contributed by atoms with Crippen molar-refractivity contribution in [2.45, 2.75) is 13.8 Å². The van der Waals surface area contributed by atoms with Crippen molar-refractivity contribution >= 4 is 58.1 Å². The number of hydrogen-bond acceptors (Lipinski definition) is 8. The molecule has 2 aromatic rings. The van der Waals surface area contributed by atoms with Gasteiger partial charge < -0.3 is 19.5 Å². The molecular weight excluding hydrogens is 496 g/mol. The minimum absolute atomic E-state index is 0.158. The maximum atomic E-state index is 12.5. The van der Waals surface area contributed by atoms with Crippen LogP contribution in [0.15, 0.2) is 41.3 Å². The Kier molecular flexibility index (Phi) is 8.78. The van der Waals surface area contributed by atoms with Crippen LogP contribution in [0.3, 0.4) is 0 Å². The van der Waals surface area contributed by atoms with Gasteiger partial charge in [-0.2, -0.15) is 0 Å².